The summed E-state index contributed by atoms with van der Waals surface area (Å²) in [6, 6.07) is 6.44. The molecule has 134 valence electrons. The second-order valence-corrected chi connectivity index (χ2v) is 8.45. The van der Waals surface area contributed by atoms with Crippen LogP contribution in [0.4, 0.5) is 0 Å². The summed E-state index contributed by atoms with van der Waals surface area (Å²) in [7, 11) is -3.49. The zero-order chi connectivity index (χ0) is 17.6. The van der Waals surface area contributed by atoms with Gasteiger partial charge in [-0.05, 0) is 44.4 Å². The average molecular weight is 353 g/mol. The van der Waals surface area contributed by atoms with E-state index in [-0.39, 0.29) is 16.8 Å². The molecule has 1 heterocycles. The van der Waals surface area contributed by atoms with E-state index in [1.807, 2.05) is 6.92 Å². The van der Waals surface area contributed by atoms with Crippen LogP contribution in [0, 0.1) is 0 Å². The molecule has 1 fully saturated rings. The molecule has 0 spiro atoms. The van der Waals surface area contributed by atoms with Crippen molar-refractivity contribution in [2.45, 2.75) is 63.3 Å². The first kappa shape index (κ1) is 18.9. The van der Waals surface area contributed by atoms with Crippen LogP contribution in [0.5, 0.6) is 0 Å². The van der Waals surface area contributed by atoms with E-state index in [9.17, 15) is 13.2 Å². The van der Waals surface area contributed by atoms with E-state index >= 15 is 0 Å². The van der Waals surface area contributed by atoms with Crippen molar-refractivity contribution in [3.05, 3.63) is 29.8 Å². The van der Waals surface area contributed by atoms with Gasteiger partial charge in [-0.15, -0.1) is 0 Å². The zero-order valence-corrected chi connectivity index (χ0v) is 15.4. The number of hydrogen-bond donors (Lipinski definition) is 1. The average Bonchev–Trinajstić information content (AvgIpc) is 3.10. The van der Waals surface area contributed by atoms with Gasteiger partial charge < -0.3 is 5.32 Å². The Bertz CT molecular complexity index is 652. The molecule has 0 aliphatic carbocycles. The maximum atomic E-state index is 12.6. The topological polar surface area (TPSA) is 66.5 Å². The van der Waals surface area contributed by atoms with Crippen molar-refractivity contribution in [3.8, 4) is 0 Å². The number of unbranched alkanes of at least 4 members (excludes halogenated alkanes) is 2. The van der Waals surface area contributed by atoms with Gasteiger partial charge >= 0.3 is 0 Å². The summed E-state index contributed by atoms with van der Waals surface area (Å²) in [6.45, 7) is 5.26. The number of hydrogen-bond acceptors (Lipinski definition) is 3. The van der Waals surface area contributed by atoms with E-state index in [4.69, 9.17) is 0 Å². The Labute approximate surface area is 145 Å². The molecule has 2 rings (SSSR count). The lowest BCUT2D eigenvalue weighted by Gasteiger charge is -2.17. The summed E-state index contributed by atoms with van der Waals surface area (Å²) < 4.78 is 26.7. The Morgan fingerprint density at radius 2 is 1.96 bits per heavy atom. The maximum absolute atomic E-state index is 12.6. The fourth-order valence-electron chi connectivity index (χ4n) is 2.96. The minimum Gasteiger partial charge on any atom is -0.350 e. The summed E-state index contributed by atoms with van der Waals surface area (Å²) in [5, 5.41) is 2.96. The predicted molar refractivity (Wildman–Crippen MR) is 95.5 cm³/mol. The Balaban J connectivity index is 2.05. The summed E-state index contributed by atoms with van der Waals surface area (Å²) >= 11 is 0. The van der Waals surface area contributed by atoms with Crippen LogP contribution in [0.2, 0.25) is 0 Å². The monoisotopic (exact) mass is 352 g/mol. The lowest BCUT2D eigenvalue weighted by Crippen LogP contribution is -2.33. The number of rotatable bonds is 8. The molecule has 6 heteroatoms. The number of amides is 1. The molecule has 1 aliphatic rings. The van der Waals surface area contributed by atoms with Crippen molar-refractivity contribution in [3.63, 3.8) is 0 Å². The highest BCUT2D eigenvalue weighted by molar-refractivity contribution is 7.89. The summed E-state index contributed by atoms with van der Waals surface area (Å²) in [4.78, 5) is 12.6. The third-order valence-electron chi connectivity index (χ3n) is 4.42. The number of carbonyl (C=O) groups is 1. The Kier molecular flexibility index (Phi) is 6.80. The zero-order valence-electron chi connectivity index (χ0n) is 14.6. The van der Waals surface area contributed by atoms with Crippen molar-refractivity contribution in [1.82, 2.24) is 9.62 Å². The van der Waals surface area contributed by atoms with Crippen molar-refractivity contribution in [2.24, 2.45) is 0 Å². The number of carbonyl (C=O) groups excluding carboxylic acids is 1. The number of nitrogens with one attached hydrogen (secondary N) is 1. The van der Waals surface area contributed by atoms with E-state index in [0.29, 0.717) is 18.7 Å². The Morgan fingerprint density at radius 3 is 2.62 bits per heavy atom. The fourth-order valence-corrected chi connectivity index (χ4v) is 4.52. The molecule has 0 unspecified atom stereocenters. The van der Waals surface area contributed by atoms with Crippen LogP contribution in [-0.4, -0.2) is 37.8 Å². The van der Waals surface area contributed by atoms with E-state index in [2.05, 4.69) is 12.2 Å². The molecule has 1 aliphatic heterocycles. The number of sulfonamides is 1. The molecule has 1 amide bonds. The molecule has 5 nitrogen and oxygen atoms in total. The van der Waals surface area contributed by atoms with E-state index in [0.717, 1.165) is 38.5 Å². The first-order valence-electron chi connectivity index (χ1n) is 8.86. The highest BCUT2D eigenvalue weighted by atomic mass is 32.2. The van der Waals surface area contributed by atoms with Crippen molar-refractivity contribution in [1.29, 1.82) is 0 Å². The lowest BCUT2D eigenvalue weighted by molar-refractivity contribution is 0.0937. The van der Waals surface area contributed by atoms with Gasteiger partial charge in [0, 0.05) is 24.7 Å². The fraction of sp³-hybridized carbons (Fsp3) is 0.611. The number of nitrogens with zero attached hydrogens (tertiary/aromatic N) is 1. The van der Waals surface area contributed by atoms with Gasteiger partial charge in [0.1, 0.15) is 0 Å². The molecule has 1 aromatic carbocycles. The van der Waals surface area contributed by atoms with Crippen molar-refractivity contribution >= 4 is 15.9 Å². The Morgan fingerprint density at radius 1 is 1.25 bits per heavy atom. The normalized spacial score (nSPS) is 16.9. The van der Waals surface area contributed by atoms with Gasteiger partial charge in [-0.1, -0.05) is 32.3 Å². The predicted octanol–water partition coefficient (Wildman–Crippen LogP) is 3.17. The minimum atomic E-state index is -3.49. The van der Waals surface area contributed by atoms with E-state index in [1.165, 1.54) is 10.4 Å². The van der Waals surface area contributed by atoms with Crippen LogP contribution >= 0.6 is 0 Å². The van der Waals surface area contributed by atoms with Crippen molar-refractivity contribution in [2.75, 3.05) is 13.1 Å². The van der Waals surface area contributed by atoms with Crippen LogP contribution in [0.25, 0.3) is 0 Å². The molecule has 1 saturated heterocycles. The molecule has 1 N–H and O–H groups in total. The van der Waals surface area contributed by atoms with Crippen LogP contribution in [0.3, 0.4) is 0 Å². The van der Waals surface area contributed by atoms with Crippen LogP contribution < -0.4 is 5.32 Å². The largest absolute Gasteiger partial charge is 0.350 e. The quantitative estimate of drug-likeness (QED) is 0.731. The molecular formula is C18H28N2O3S. The first-order chi connectivity index (χ1) is 11.4. The first-order valence-corrected chi connectivity index (χ1v) is 10.3. The standard InChI is InChI=1S/C18H28N2O3S/c1-3-4-5-9-15(2)19-18(21)16-10-8-11-17(14-16)24(22,23)20-12-6-7-13-20/h8,10-11,14-15H,3-7,9,12-13H2,1-2H3,(H,19,21)/t15-/m0/s1. The van der Waals surface area contributed by atoms with Gasteiger partial charge in [0.25, 0.3) is 5.91 Å². The second kappa shape index (κ2) is 8.62. The molecule has 1 aromatic rings. The van der Waals surface area contributed by atoms with Crippen LogP contribution in [0.15, 0.2) is 29.2 Å². The molecule has 0 bridgehead atoms. The van der Waals surface area contributed by atoms with Crippen LogP contribution in [-0.2, 0) is 10.0 Å². The smallest absolute Gasteiger partial charge is 0.251 e. The van der Waals surface area contributed by atoms with E-state index < -0.39 is 10.0 Å². The molecule has 24 heavy (non-hydrogen) atoms. The second-order valence-electron chi connectivity index (χ2n) is 6.51. The number of benzene rings is 1. The van der Waals surface area contributed by atoms with Gasteiger partial charge in [0.15, 0.2) is 0 Å². The third-order valence-corrected chi connectivity index (χ3v) is 6.31. The SMILES string of the molecule is CCCCC[C@H](C)NC(=O)c1cccc(S(=O)(=O)N2CCCC2)c1. The summed E-state index contributed by atoms with van der Waals surface area (Å²) in [6.07, 6.45) is 6.12. The molecule has 0 radical (unpaired) electrons. The molecular weight excluding hydrogens is 324 g/mol. The van der Waals surface area contributed by atoms with Gasteiger partial charge in [0.05, 0.1) is 4.90 Å². The van der Waals surface area contributed by atoms with Crippen LogP contribution in [0.1, 0.15) is 62.7 Å². The van der Waals surface area contributed by atoms with Gasteiger partial charge in [-0.25, -0.2) is 8.42 Å². The highest BCUT2D eigenvalue weighted by Crippen LogP contribution is 2.21. The maximum Gasteiger partial charge on any atom is 0.251 e. The van der Waals surface area contributed by atoms with Crippen molar-refractivity contribution < 1.29 is 13.2 Å². The minimum absolute atomic E-state index is 0.0860. The van der Waals surface area contributed by atoms with Gasteiger partial charge in [-0.2, -0.15) is 4.31 Å². The van der Waals surface area contributed by atoms with Gasteiger partial charge in [0.2, 0.25) is 10.0 Å². The lowest BCUT2D eigenvalue weighted by atomic mass is 10.1. The van der Waals surface area contributed by atoms with Gasteiger partial charge in [-0.3, -0.25) is 4.79 Å². The summed E-state index contributed by atoms with van der Waals surface area (Å²) in [5.41, 5.74) is 0.401. The summed E-state index contributed by atoms with van der Waals surface area (Å²) in [5.74, 6) is -0.211. The third kappa shape index (κ3) is 4.80. The molecule has 0 saturated carbocycles. The molecule has 0 aromatic heterocycles. The van der Waals surface area contributed by atoms with E-state index in [1.54, 1.807) is 18.2 Å². The molecule has 1 atom stereocenters. The Hall–Kier alpha value is -1.40. The highest BCUT2D eigenvalue weighted by Gasteiger charge is 2.27.